The average molecular weight is 510 g/mol. The van der Waals surface area contributed by atoms with E-state index in [9.17, 15) is 9.59 Å². The molecule has 3 aromatic carbocycles. The van der Waals surface area contributed by atoms with E-state index in [1.165, 1.54) is 16.5 Å². The summed E-state index contributed by atoms with van der Waals surface area (Å²) in [5.74, 6) is 1.01. The van der Waals surface area contributed by atoms with E-state index < -0.39 is 0 Å². The van der Waals surface area contributed by atoms with Crippen LogP contribution >= 0.6 is 0 Å². The molecule has 7 nitrogen and oxygen atoms in total. The van der Waals surface area contributed by atoms with Gasteiger partial charge in [-0.05, 0) is 61.6 Å². The standard InChI is InChI=1S/C31H31N3O4/c1-21-6-8-22(9-7-21)18-33(15-14-24-17-32-27-5-3-2-4-26(24)27)30(35)19-34(25-11-12-25)31(36)23-10-13-28-29(16-23)38-20-37-28/h2-10,13,16-17,25,32H,11-12,14-15,18-20H2,1H3. The highest BCUT2D eigenvalue weighted by Gasteiger charge is 2.35. The van der Waals surface area contributed by atoms with Crippen molar-refractivity contribution >= 4 is 22.7 Å². The first-order chi connectivity index (χ1) is 18.5. The number of para-hydroxylation sites is 1. The summed E-state index contributed by atoms with van der Waals surface area (Å²) in [5, 5.41) is 1.17. The first-order valence-corrected chi connectivity index (χ1v) is 13.1. The molecule has 2 amide bonds. The number of nitrogens with zero attached hydrogens (tertiary/aromatic N) is 2. The number of carbonyl (C=O) groups is 2. The zero-order chi connectivity index (χ0) is 26.1. The lowest BCUT2D eigenvalue weighted by Crippen LogP contribution is -2.44. The summed E-state index contributed by atoms with van der Waals surface area (Å²) < 4.78 is 10.9. The summed E-state index contributed by atoms with van der Waals surface area (Å²) in [4.78, 5) is 34.2. The highest BCUT2D eigenvalue weighted by molar-refractivity contribution is 5.97. The normalized spacial score (nSPS) is 14.0. The van der Waals surface area contributed by atoms with Crippen LogP contribution in [0.5, 0.6) is 11.5 Å². The van der Waals surface area contributed by atoms with Gasteiger partial charge in [-0.3, -0.25) is 9.59 Å². The molecule has 1 aliphatic carbocycles. The van der Waals surface area contributed by atoms with Gasteiger partial charge in [-0.2, -0.15) is 0 Å². The van der Waals surface area contributed by atoms with Gasteiger partial charge in [0.05, 0.1) is 0 Å². The van der Waals surface area contributed by atoms with E-state index in [0.717, 1.165) is 30.3 Å². The number of rotatable bonds is 9. The molecule has 1 saturated carbocycles. The van der Waals surface area contributed by atoms with E-state index in [1.54, 1.807) is 23.1 Å². The van der Waals surface area contributed by atoms with Crippen molar-refractivity contribution in [1.29, 1.82) is 0 Å². The van der Waals surface area contributed by atoms with E-state index in [-0.39, 0.29) is 31.2 Å². The Bertz CT molecular complexity index is 1470. The molecule has 2 heterocycles. The predicted octanol–water partition coefficient (Wildman–Crippen LogP) is 5.08. The van der Waals surface area contributed by atoms with Gasteiger partial charge in [0.15, 0.2) is 11.5 Å². The van der Waals surface area contributed by atoms with Crippen molar-refractivity contribution in [1.82, 2.24) is 14.8 Å². The highest BCUT2D eigenvalue weighted by atomic mass is 16.7. The first-order valence-electron chi connectivity index (χ1n) is 13.1. The van der Waals surface area contributed by atoms with Gasteiger partial charge < -0.3 is 24.3 Å². The van der Waals surface area contributed by atoms with Crippen molar-refractivity contribution in [3.8, 4) is 11.5 Å². The van der Waals surface area contributed by atoms with E-state index >= 15 is 0 Å². The smallest absolute Gasteiger partial charge is 0.254 e. The SMILES string of the molecule is Cc1ccc(CN(CCc2c[nH]c3ccccc23)C(=O)CN(C(=O)c2ccc3c(c2)OCO3)C2CC2)cc1. The van der Waals surface area contributed by atoms with Gasteiger partial charge in [-0.15, -0.1) is 0 Å². The Hall–Kier alpha value is -4.26. The van der Waals surface area contributed by atoms with Crippen LogP contribution in [-0.2, 0) is 17.8 Å². The molecule has 1 aromatic heterocycles. The minimum absolute atomic E-state index is 0.0496. The van der Waals surface area contributed by atoms with E-state index in [4.69, 9.17) is 9.47 Å². The van der Waals surface area contributed by atoms with Gasteiger partial charge in [0, 0.05) is 41.8 Å². The minimum atomic E-state index is -0.147. The third-order valence-corrected chi connectivity index (χ3v) is 7.35. The van der Waals surface area contributed by atoms with Crippen LogP contribution < -0.4 is 9.47 Å². The zero-order valence-electron chi connectivity index (χ0n) is 21.5. The second-order valence-corrected chi connectivity index (χ2v) is 10.1. The maximum atomic E-state index is 13.8. The molecule has 0 radical (unpaired) electrons. The van der Waals surface area contributed by atoms with Gasteiger partial charge >= 0.3 is 0 Å². The maximum Gasteiger partial charge on any atom is 0.254 e. The molecule has 0 saturated heterocycles. The Morgan fingerprint density at radius 1 is 0.974 bits per heavy atom. The van der Waals surface area contributed by atoms with Gasteiger partial charge in [0.1, 0.15) is 6.54 Å². The number of amides is 2. The van der Waals surface area contributed by atoms with Crippen LogP contribution in [0.25, 0.3) is 10.9 Å². The number of aromatic nitrogens is 1. The van der Waals surface area contributed by atoms with Crippen LogP contribution in [0.1, 0.15) is 39.9 Å². The molecule has 7 heteroatoms. The molecule has 1 aliphatic heterocycles. The third kappa shape index (κ3) is 5.09. The van der Waals surface area contributed by atoms with E-state index in [0.29, 0.717) is 30.2 Å². The zero-order valence-corrected chi connectivity index (χ0v) is 21.5. The summed E-state index contributed by atoms with van der Waals surface area (Å²) in [6, 6.07) is 21.8. The lowest BCUT2D eigenvalue weighted by Gasteiger charge is -2.28. The fourth-order valence-corrected chi connectivity index (χ4v) is 4.99. The Morgan fingerprint density at radius 2 is 1.76 bits per heavy atom. The van der Waals surface area contributed by atoms with Crippen molar-refractivity contribution in [2.45, 2.75) is 38.8 Å². The summed E-state index contributed by atoms with van der Waals surface area (Å²) in [6.07, 6.45) is 4.58. The number of fused-ring (bicyclic) bond motifs is 2. The number of H-pyrrole nitrogens is 1. The lowest BCUT2D eigenvalue weighted by molar-refractivity contribution is -0.132. The quantitative estimate of drug-likeness (QED) is 0.341. The van der Waals surface area contributed by atoms with Crippen LogP contribution in [0, 0.1) is 6.92 Å². The number of hydrogen-bond donors (Lipinski definition) is 1. The lowest BCUT2D eigenvalue weighted by atomic mass is 10.1. The van der Waals surface area contributed by atoms with Crippen LogP contribution in [0.3, 0.4) is 0 Å². The number of benzene rings is 3. The van der Waals surface area contributed by atoms with Crippen molar-refractivity contribution in [2.24, 2.45) is 0 Å². The second-order valence-electron chi connectivity index (χ2n) is 10.1. The van der Waals surface area contributed by atoms with Crippen LogP contribution in [-0.4, -0.2) is 52.5 Å². The van der Waals surface area contributed by atoms with Crippen LogP contribution in [0.2, 0.25) is 0 Å². The average Bonchev–Trinajstić information content (AvgIpc) is 3.52. The first kappa shape index (κ1) is 24.1. The largest absolute Gasteiger partial charge is 0.454 e. The molecule has 0 bridgehead atoms. The summed E-state index contributed by atoms with van der Waals surface area (Å²) in [7, 11) is 0. The molecule has 2 aliphatic rings. The number of ether oxygens (including phenoxy) is 2. The molecule has 0 unspecified atom stereocenters. The minimum Gasteiger partial charge on any atom is -0.454 e. The predicted molar refractivity (Wildman–Crippen MR) is 145 cm³/mol. The molecular weight excluding hydrogens is 478 g/mol. The van der Waals surface area contributed by atoms with Crippen LogP contribution in [0.15, 0.2) is 72.9 Å². The molecule has 6 rings (SSSR count). The fourth-order valence-electron chi connectivity index (χ4n) is 4.99. The molecule has 4 aromatic rings. The fraction of sp³-hybridized carbons (Fsp3) is 0.290. The summed E-state index contributed by atoms with van der Waals surface area (Å²) in [5.41, 5.74) is 5.03. The molecule has 1 N–H and O–H groups in total. The van der Waals surface area contributed by atoms with E-state index in [1.807, 2.05) is 23.2 Å². The monoisotopic (exact) mass is 509 g/mol. The number of aryl methyl sites for hydroxylation is 1. The topological polar surface area (TPSA) is 74.9 Å². The Kier molecular flexibility index (Phi) is 6.50. The van der Waals surface area contributed by atoms with Crippen molar-refractivity contribution in [3.05, 3.63) is 95.2 Å². The number of nitrogens with one attached hydrogen (secondary N) is 1. The molecule has 1 fully saturated rings. The third-order valence-electron chi connectivity index (χ3n) is 7.35. The van der Waals surface area contributed by atoms with Crippen LogP contribution in [0.4, 0.5) is 0 Å². The van der Waals surface area contributed by atoms with Gasteiger partial charge in [-0.1, -0.05) is 48.0 Å². The molecule has 0 spiro atoms. The van der Waals surface area contributed by atoms with Crippen molar-refractivity contribution < 1.29 is 19.1 Å². The Balaban J connectivity index is 1.21. The second kappa shape index (κ2) is 10.2. The van der Waals surface area contributed by atoms with Gasteiger partial charge in [0.25, 0.3) is 5.91 Å². The maximum absolute atomic E-state index is 13.8. The Labute approximate surface area is 222 Å². The summed E-state index contributed by atoms with van der Waals surface area (Å²) >= 11 is 0. The number of hydrogen-bond acceptors (Lipinski definition) is 4. The number of carbonyl (C=O) groups excluding carboxylic acids is 2. The molecule has 194 valence electrons. The van der Waals surface area contributed by atoms with Crippen molar-refractivity contribution in [3.63, 3.8) is 0 Å². The van der Waals surface area contributed by atoms with Crippen molar-refractivity contribution in [2.75, 3.05) is 19.9 Å². The Morgan fingerprint density at radius 3 is 2.58 bits per heavy atom. The number of aromatic amines is 1. The van der Waals surface area contributed by atoms with Gasteiger partial charge in [0.2, 0.25) is 12.7 Å². The molecule has 38 heavy (non-hydrogen) atoms. The highest BCUT2D eigenvalue weighted by Crippen LogP contribution is 2.34. The summed E-state index contributed by atoms with van der Waals surface area (Å²) in [6.45, 7) is 3.32. The molecular formula is C31H31N3O4. The molecule has 0 atom stereocenters. The van der Waals surface area contributed by atoms with Gasteiger partial charge in [-0.25, -0.2) is 0 Å². The van der Waals surface area contributed by atoms with E-state index in [2.05, 4.69) is 48.3 Å².